The number of aromatic amines is 1. The van der Waals surface area contributed by atoms with Gasteiger partial charge in [-0.3, -0.25) is 10.1 Å². The van der Waals surface area contributed by atoms with Gasteiger partial charge in [0.15, 0.2) is 11.5 Å². The van der Waals surface area contributed by atoms with Gasteiger partial charge >= 0.3 is 12.1 Å². The number of rotatable bonds is 6. The molecule has 1 amide bonds. The van der Waals surface area contributed by atoms with Crippen molar-refractivity contribution < 1.29 is 34.0 Å². The van der Waals surface area contributed by atoms with Crippen LogP contribution in [0.1, 0.15) is 16.1 Å². The number of hydrogen-bond acceptors (Lipinski definition) is 8. The van der Waals surface area contributed by atoms with Crippen molar-refractivity contribution in [1.29, 1.82) is 0 Å². The molecule has 0 spiro atoms. The van der Waals surface area contributed by atoms with Crippen molar-refractivity contribution in [3.05, 3.63) is 57.1 Å². The van der Waals surface area contributed by atoms with Crippen molar-refractivity contribution in [2.45, 2.75) is 6.42 Å². The number of H-pyrrole nitrogens is 1. The van der Waals surface area contributed by atoms with E-state index >= 15 is 0 Å². The Hall–Kier alpha value is -3.93. The molecule has 0 saturated heterocycles. The Morgan fingerprint density at radius 2 is 2.03 bits per heavy atom. The van der Waals surface area contributed by atoms with Crippen LogP contribution in [-0.4, -0.2) is 44.0 Å². The lowest BCUT2D eigenvalue weighted by Gasteiger charge is -2.09. The lowest BCUT2D eigenvalue weighted by molar-refractivity contribution is 0.0686. The molecule has 10 nitrogen and oxygen atoms in total. The zero-order valence-electron chi connectivity index (χ0n) is 15.0. The SMILES string of the molecule is O=C(Nc1ccsc1-c1nc(C(=O)O)c(O)c(=O)[nH]1)OCCc1ccc(F)cc1O. The molecule has 0 fully saturated rings. The molecule has 0 aliphatic rings. The molecule has 0 saturated carbocycles. The van der Waals surface area contributed by atoms with Gasteiger partial charge in [0.2, 0.25) is 5.75 Å². The minimum absolute atomic E-state index is 0.109. The third kappa shape index (κ3) is 4.55. The van der Waals surface area contributed by atoms with E-state index in [1.807, 2.05) is 0 Å². The molecule has 0 atom stereocenters. The van der Waals surface area contributed by atoms with Gasteiger partial charge in [0, 0.05) is 12.5 Å². The number of carbonyl (C=O) groups is 2. The van der Waals surface area contributed by atoms with Gasteiger partial charge in [-0.2, -0.15) is 0 Å². The fourth-order valence-corrected chi connectivity index (χ4v) is 3.26. The maximum atomic E-state index is 13.0. The molecule has 3 rings (SSSR count). The second kappa shape index (κ2) is 8.61. The Kier molecular flexibility index (Phi) is 5.97. The lowest BCUT2D eigenvalue weighted by Crippen LogP contribution is -2.17. The predicted octanol–water partition coefficient (Wildman–Crippen LogP) is 2.54. The van der Waals surface area contributed by atoms with Crippen molar-refractivity contribution in [2.24, 2.45) is 0 Å². The van der Waals surface area contributed by atoms with Gasteiger partial charge in [-0.05, 0) is 23.1 Å². The summed E-state index contributed by atoms with van der Waals surface area (Å²) in [6.45, 7) is -0.109. The molecule has 156 valence electrons. The number of nitrogens with zero attached hydrogens (tertiary/aromatic N) is 1. The summed E-state index contributed by atoms with van der Waals surface area (Å²) in [5.41, 5.74) is -1.28. The van der Waals surface area contributed by atoms with Crippen molar-refractivity contribution in [1.82, 2.24) is 9.97 Å². The highest BCUT2D eigenvalue weighted by atomic mass is 32.1. The van der Waals surface area contributed by atoms with Crippen LogP contribution in [0.3, 0.4) is 0 Å². The molecule has 5 N–H and O–H groups in total. The van der Waals surface area contributed by atoms with Gasteiger partial charge in [0.25, 0.3) is 5.56 Å². The molecule has 2 aromatic heterocycles. The van der Waals surface area contributed by atoms with Crippen LogP contribution in [0, 0.1) is 5.82 Å². The van der Waals surface area contributed by atoms with Crippen LogP contribution in [0.4, 0.5) is 14.9 Å². The summed E-state index contributed by atoms with van der Waals surface area (Å²) in [5.74, 6) is -3.62. The Morgan fingerprint density at radius 1 is 1.27 bits per heavy atom. The van der Waals surface area contributed by atoms with Crippen LogP contribution >= 0.6 is 11.3 Å². The highest BCUT2D eigenvalue weighted by Crippen LogP contribution is 2.31. The molecule has 0 aliphatic carbocycles. The number of ether oxygens (including phenoxy) is 1. The monoisotopic (exact) mass is 435 g/mol. The van der Waals surface area contributed by atoms with Crippen molar-refractivity contribution in [3.8, 4) is 22.2 Å². The van der Waals surface area contributed by atoms with Gasteiger partial charge < -0.3 is 25.0 Å². The van der Waals surface area contributed by atoms with E-state index in [1.54, 1.807) is 5.38 Å². The van der Waals surface area contributed by atoms with Gasteiger partial charge in [-0.15, -0.1) is 11.3 Å². The second-order valence-electron chi connectivity index (χ2n) is 5.86. The number of aromatic hydroxyl groups is 2. The predicted molar refractivity (Wildman–Crippen MR) is 104 cm³/mol. The maximum absolute atomic E-state index is 13.0. The van der Waals surface area contributed by atoms with Crippen LogP contribution in [0.15, 0.2) is 34.4 Å². The van der Waals surface area contributed by atoms with E-state index in [0.29, 0.717) is 5.56 Å². The van der Waals surface area contributed by atoms with E-state index in [-0.39, 0.29) is 35.2 Å². The van der Waals surface area contributed by atoms with Gasteiger partial charge in [0.1, 0.15) is 11.6 Å². The van der Waals surface area contributed by atoms with E-state index in [2.05, 4.69) is 15.3 Å². The molecule has 30 heavy (non-hydrogen) atoms. The summed E-state index contributed by atoms with van der Waals surface area (Å²) >= 11 is 1.06. The van der Waals surface area contributed by atoms with E-state index < -0.39 is 34.9 Å². The Balaban J connectivity index is 1.69. The fraction of sp³-hybridized carbons (Fsp3) is 0.111. The highest BCUT2D eigenvalue weighted by Gasteiger charge is 2.20. The maximum Gasteiger partial charge on any atom is 0.411 e. The van der Waals surface area contributed by atoms with Crippen LogP contribution < -0.4 is 10.9 Å². The van der Waals surface area contributed by atoms with Crippen LogP contribution in [0.2, 0.25) is 0 Å². The number of amides is 1. The number of phenols is 1. The Morgan fingerprint density at radius 3 is 2.73 bits per heavy atom. The minimum atomic E-state index is -1.59. The van der Waals surface area contributed by atoms with Gasteiger partial charge in [-0.25, -0.2) is 19.0 Å². The molecule has 0 radical (unpaired) electrons. The number of carbonyl (C=O) groups excluding carboxylic acids is 1. The summed E-state index contributed by atoms with van der Waals surface area (Å²) in [5, 5.41) is 32.2. The lowest BCUT2D eigenvalue weighted by atomic mass is 10.1. The zero-order valence-corrected chi connectivity index (χ0v) is 15.8. The second-order valence-corrected chi connectivity index (χ2v) is 6.78. The summed E-state index contributed by atoms with van der Waals surface area (Å²) in [6, 6.07) is 4.98. The minimum Gasteiger partial charge on any atom is -0.508 e. The first-order chi connectivity index (χ1) is 14.3. The topological polar surface area (TPSA) is 162 Å². The number of thiophene rings is 1. The van der Waals surface area contributed by atoms with Gasteiger partial charge in [0.05, 0.1) is 17.2 Å². The summed E-state index contributed by atoms with van der Waals surface area (Å²) in [4.78, 5) is 41.1. The van der Waals surface area contributed by atoms with E-state index in [0.717, 1.165) is 17.4 Å². The van der Waals surface area contributed by atoms with Crippen molar-refractivity contribution in [3.63, 3.8) is 0 Å². The Bertz CT molecular complexity index is 1170. The number of nitrogens with one attached hydrogen (secondary N) is 2. The van der Waals surface area contributed by atoms with E-state index in [4.69, 9.17) is 9.84 Å². The molecule has 0 unspecified atom stereocenters. The number of carboxylic acids is 1. The van der Waals surface area contributed by atoms with Crippen LogP contribution in [0.5, 0.6) is 11.5 Å². The number of aromatic carboxylic acids is 1. The smallest absolute Gasteiger partial charge is 0.411 e. The number of aromatic nitrogens is 2. The normalized spacial score (nSPS) is 10.6. The highest BCUT2D eigenvalue weighted by molar-refractivity contribution is 7.14. The summed E-state index contributed by atoms with van der Waals surface area (Å²) in [7, 11) is 0. The zero-order chi connectivity index (χ0) is 21.8. The van der Waals surface area contributed by atoms with Gasteiger partial charge in [-0.1, -0.05) is 6.07 Å². The molecule has 0 aliphatic heterocycles. The first kappa shape index (κ1) is 20.8. The van der Waals surface area contributed by atoms with E-state index in [1.165, 1.54) is 18.2 Å². The average Bonchev–Trinajstić information content (AvgIpc) is 3.13. The Labute approximate surface area is 171 Å². The number of phenolic OH excluding ortho intramolecular Hbond substituents is 1. The number of halogens is 1. The summed E-state index contributed by atoms with van der Waals surface area (Å²) < 4.78 is 18.0. The number of benzene rings is 1. The molecule has 2 heterocycles. The molecule has 12 heteroatoms. The molecular formula is C18H14FN3O7S. The third-order valence-corrected chi connectivity index (χ3v) is 4.79. The standard InChI is InChI=1S/C18H14FN3O7S/c19-9-2-1-8(11(23)7-9)3-5-29-18(28)20-10-4-6-30-14(10)15-21-12(17(26)27)13(24)16(25)22-15/h1-2,4,6-7,23-24H,3,5H2,(H,20,28)(H,26,27)(H,21,22,25). The molecular weight excluding hydrogens is 421 g/mol. The summed E-state index contributed by atoms with van der Waals surface area (Å²) in [6.07, 6.45) is -0.707. The quantitative estimate of drug-likeness (QED) is 0.394. The number of anilines is 1. The van der Waals surface area contributed by atoms with Crippen molar-refractivity contribution >= 4 is 29.1 Å². The third-order valence-electron chi connectivity index (χ3n) is 3.87. The van der Waals surface area contributed by atoms with E-state index in [9.17, 15) is 29.0 Å². The molecule has 1 aromatic carbocycles. The van der Waals surface area contributed by atoms with Crippen LogP contribution in [0.25, 0.3) is 10.7 Å². The molecule has 3 aromatic rings. The first-order valence-electron chi connectivity index (χ1n) is 8.32. The van der Waals surface area contributed by atoms with Crippen LogP contribution in [-0.2, 0) is 11.2 Å². The van der Waals surface area contributed by atoms with Crippen molar-refractivity contribution in [2.75, 3.05) is 11.9 Å². The first-order valence-corrected chi connectivity index (χ1v) is 9.20. The largest absolute Gasteiger partial charge is 0.508 e. The average molecular weight is 435 g/mol. The fourth-order valence-electron chi connectivity index (χ4n) is 2.46. The number of carboxylic acid groups (broad SMARTS) is 1. The molecule has 0 bridgehead atoms. The number of hydrogen-bond donors (Lipinski definition) is 5.